The minimum atomic E-state index is -0.553. The second-order valence-corrected chi connectivity index (χ2v) is 5.89. The second-order valence-electron chi connectivity index (χ2n) is 4.67. The summed E-state index contributed by atoms with van der Waals surface area (Å²) in [5.41, 5.74) is 2.29. The molecule has 0 aliphatic heterocycles. The van der Waals surface area contributed by atoms with E-state index < -0.39 is 11.3 Å². The highest BCUT2D eigenvalue weighted by atomic mass is 35.5. The number of thiol groups is 1. The van der Waals surface area contributed by atoms with Crippen LogP contribution >= 0.6 is 48.2 Å². The van der Waals surface area contributed by atoms with Crippen molar-refractivity contribution in [2.24, 2.45) is 0 Å². The normalized spacial score (nSPS) is 9.67. The third-order valence-electron chi connectivity index (χ3n) is 2.90. The number of anilines is 3. The maximum Gasteiger partial charge on any atom is 0.323 e. The molecule has 0 saturated heterocycles. The monoisotopic (exact) mass is 405 g/mol. The summed E-state index contributed by atoms with van der Waals surface area (Å²) in [4.78, 5) is 23.0. The Hall–Kier alpha value is -1.60. The molecule has 0 fully saturated rings. The Bertz CT molecular complexity index is 772. The van der Waals surface area contributed by atoms with Crippen LogP contribution in [0.2, 0.25) is 10.0 Å². The van der Waals surface area contributed by atoms with Crippen molar-refractivity contribution in [3.63, 3.8) is 0 Å². The quantitative estimate of drug-likeness (QED) is 0.484. The highest BCUT2D eigenvalue weighted by Crippen LogP contribution is 2.26. The Labute approximate surface area is 160 Å². The van der Waals surface area contributed by atoms with Crippen LogP contribution in [0, 0.1) is 6.92 Å². The molecule has 2 aromatic rings. The first-order valence-corrected chi connectivity index (χ1v) is 7.69. The Balaban J connectivity index is 0.00000288. The van der Waals surface area contributed by atoms with Crippen molar-refractivity contribution in [1.29, 1.82) is 0 Å². The molecule has 9 heteroatoms. The summed E-state index contributed by atoms with van der Waals surface area (Å²) >= 11 is 15.6. The van der Waals surface area contributed by atoms with Crippen LogP contribution < -0.4 is 16.0 Å². The summed E-state index contributed by atoms with van der Waals surface area (Å²) < 4.78 is 0. The van der Waals surface area contributed by atoms with Gasteiger partial charge in [-0.05, 0) is 42.8 Å². The number of nitrogens with one attached hydrogen (secondary N) is 3. The standard InChI is InChI=1S/C15H13Cl2N3O2S.ClH/c1-8-2-3-9(6-12(8)17)18-14(21)19-10-4-5-11(16)13(7-10)20-15(22)23;/h2-7H,1H3,(H2,18,19,21)(H2,20,22,23);1H. The fourth-order valence-electron chi connectivity index (χ4n) is 1.78. The van der Waals surface area contributed by atoms with Crippen molar-refractivity contribution in [2.45, 2.75) is 6.92 Å². The lowest BCUT2D eigenvalue weighted by molar-refractivity contribution is 0.262. The van der Waals surface area contributed by atoms with Crippen molar-refractivity contribution in [1.82, 2.24) is 0 Å². The van der Waals surface area contributed by atoms with Gasteiger partial charge in [-0.1, -0.05) is 41.9 Å². The summed E-state index contributed by atoms with van der Waals surface area (Å²) in [6, 6.07) is 9.45. The molecule has 2 rings (SSSR count). The molecule has 0 spiro atoms. The van der Waals surface area contributed by atoms with Crippen molar-refractivity contribution in [2.75, 3.05) is 16.0 Å². The van der Waals surface area contributed by atoms with Gasteiger partial charge in [-0.25, -0.2) is 4.79 Å². The SMILES string of the molecule is Cc1ccc(NC(=O)Nc2ccc(Cl)c(NC(=O)S)c2)cc1Cl.Cl. The van der Waals surface area contributed by atoms with E-state index in [2.05, 4.69) is 28.6 Å². The average Bonchev–Trinajstić information content (AvgIpc) is 2.46. The van der Waals surface area contributed by atoms with Crippen molar-refractivity contribution in [3.05, 3.63) is 52.0 Å². The van der Waals surface area contributed by atoms with E-state index in [1.54, 1.807) is 30.3 Å². The largest absolute Gasteiger partial charge is 0.323 e. The molecular weight excluding hydrogens is 393 g/mol. The topological polar surface area (TPSA) is 70.2 Å². The molecule has 2 aromatic carbocycles. The minimum absolute atomic E-state index is 0. The molecular formula is C15H14Cl3N3O2S. The zero-order valence-electron chi connectivity index (χ0n) is 12.4. The molecule has 0 aliphatic rings. The zero-order valence-corrected chi connectivity index (χ0v) is 15.6. The van der Waals surface area contributed by atoms with E-state index in [4.69, 9.17) is 23.2 Å². The van der Waals surface area contributed by atoms with Crippen LogP contribution in [0.5, 0.6) is 0 Å². The average molecular weight is 407 g/mol. The van der Waals surface area contributed by atoms with E-state index in [9.17, 15) is 9.59 Å². The van der Waals surface area contributed by atoms with Gasteiger partial charge in [-0.15, -0.1) is 12.4 Å². The van der Waals surface area contributed by atoms with Crippen LogP contribution in [0.4, 0.5) is 26.7 Å². The van der Waals surface area contributed by atoms with Crippen molar-refractivity contribution in [3.8, 4) is 0 Å². The van der Waals surface area contributed by atoms with Gasteiger partial charge in [0.15, 0.2) is 0 Å². The smallest absolute Gasteiger partial charge is 0.316 e. The van der Waals surface area contributed by atoms with Crippen LogP contribution in [-0.2, 0) is 0 Å². The van der Waals surface area contributed by atoms with Gasteiger partial charge in [0.2, 0.25) is 0 Å². The fraction of sp³-hybridized carbons (Fsp3) is 0.0667. The van der Waals surface area contributed by atoms with Crippen LogP contribution in [0.25, 0.3) is 0 Å². The van der Waals surface area contributed by atoms with Gasteiger partial charge in [-0.3, -0.25) is 4.79 Å². The minimum Gasteiger partial charge on any atom is -0.316 e. The lowest BCUT2D eigenvalue weighted by atomic mass is 10.2. The predicted molar refractivity (Wildman–Crippen MR) is 106 cm³/mol. The first kappa shape index (κ1) is 20.4. The van der Waals surface area contributed by atoms with Crippen LogP contribution in [-0.4, -0.2) is 11.3 Å². The molecule has 0 aromatic heterocycles. The molecule has 0 saturated carbocycles. The van der Waals surface area contributed by atoms with Crippen LogP contribution in [0.3, 0.4) is 0 Å². The molecule has 0 aliphatic carbocycles. The zero-order chi connectivity index (χ0) is 17.0. The Morgan fingerprint density at radius 1 is 0.917 bits per heavy atom. The number of amides is 3. The first-order chi connectivity index (χ1) is 10.8. The van der Waals surface area contributed by atoms with E-state index in [0.717, 1.165) is 5.56 Å². The van der Waals surface area contributed by atoms with E-state index in [1.165, 1.54) is 6.07 Å². The van der Waals surface area contributed by atoms with E-state index in [0.29, 0.717) is 27.1 Å². The third kappa shape index (κ3) is 5.79. The molecule has 24 heavy (non-hydrogen) atoms. The van der Waals surface area contributed by atoms with E-state index in [1.807, 2.05) is 6.92 Å². The second kappa shape index (κ2) is 9.03. The van der Waals surface area contributed by atoms with Gasteiger partial charge in [-0.2, -0.15) is 0 Å². The number of halogens is 3. The highest BCUT2D eigenvalue weighted by Gasteiger charge is 2.08. The lowest BCUT2D eigenvalue weighted by Crippen LogP contribution is -2.19. The molecule has 0 heterocycles. The molecule has 0 radical (unpaired) electrons. The molecule has 0 unspecified atom stereocenters. The van der Waals surface area contributed by atoms with Gasteiger partial charge >= 0.3 is 6.03 Å². The summed E-state index contributed by atoms with van der Waals surface area (Å²) in [6.45, 7) is 1.87. The Morgan fingerprint density at radius 2 is 1.50 bits per heavy atom. The lowest BCUT2D eigenvalue weighted by Gasteiger charge is -2.11. The van der Waals surface area contributed by atoms with Gasteiger partial charge in [0.1, 0.15) is 0 Å². The maximum absolute atomic E-state index is 12.0. The number of aryl methyl sites for hydroxylation is 1. The van der Waals surface area contributed by atoms with Gasteiger partial charge in [0.05, 0.1) is 10.7 Å². The number of hydrogen-bond donors (Lipinski definition) is 4. The molecule has 3 N–H and O–H groups in total. The van der Waals surface area contributed by atoms with E-state index in [-0.39, 0.29) is 12.4 Å². The van der Waals surface area contributed by atoms with Crippen LogP contribution in [0.1, 0.15) is 5.56 Å². The van der Waals surface area contributed by atoms with Gasteiger partial charge in [0, 0.05) is 16.4 Å². The third-order valence-corrected chi connectivity index (χ3v) is 3.74. The maximum atomic E-state index is 12.0. The number of rotatable bonds is 3. The molecule has 3 amide bonds. The Kier molecular flexibility index (Phi) is 7.69. The number of carbonyl (C=O) groups is 2. The van der Waals surface area contributed by atoms with Gasteiger partial charge < -0.3 is 16.0 Å². The summed E-state index contributed by atoms with van der Waals surface area (Å²) in [6.07, 6.45) is 0. The summed E-state index contributed by atoms with van der Waals surface area (Å²) in [7, 11) is 0. The number of hydrogen-bond acceptors (Lipinski definition) is 2. The van der Waals surface area contributed by atoms with Crippen molar-refractivity contribution < 1.29 is 9.59 Å². The molecule has 0 atom stereocenters. The first-order valence-electron chi connectivity index (χ1n) is 6.49. The van der Waals surface area contributed by atoms with Crippen molar-refractivity contribution >= 4 is 76.6 Å². The Morgan fingerprint density at radius 3 is 2.08 bits per heavy atom. The fourth-order valence-corrected chi connectivity index (χ4v) is 2.24. The molecule has 0 bridgehead atoms. The number of urea groups is 1. The molecule has 5 nitrogen and oxygen atoms in total. The van der Waals surface area contributed by atoms with Crippen LogP contribution in [0.15, 0.2) is 36.4 Å². The number of benzene rings is 2. The predicted octanol–water partition coefficient (Wildman–Crippen LogP) is 5.83. The van der Waals surface area contributed by atoms with E-state index >= 15 is 0 Å². The van der Waals surface area contributed by atoms with Gasteiger partial charge in [0.25, 0.3) is 5.24 Å². The highest BCUT2D eigenvalue weighted by molar-refractivity contribution is 7.96. The summed E-state index contributed by atoms with van der Waals surface area (Å²) in [5, 5.41) is 8.10. The molecule has 128 valence electrons. The number of carbonyl (C=O) groups excluding carboxylic acids is 2. The summed E-state index contributed by atoms with van der Waals surface area (Å²) in [5.74, 6) is 0.